The van der Waals surface area contributed by atoms with E-state index in [9.17, 15) is 4.79 Å². The van der Waals surface area contributed by atoms with E-state index in [-0.39, 0.29) is 24.2 Å². The van der Waals surface area contributed by atoms with Gasteiger partial charge in [-0.25, -0.2) is 0 Å². The summed E-state index contributed by atoms with van der Waals surface area (Å²) >= 11 is 0. The molecule has 6 heteroatoms. The van der Waals surface area contributed by atoms with Gasteiger partial charge in [0.2, 0.25) is 0 Å². The lowest BCUT2D eigenvalue weighted by molar-refractivity contribution is -0.143. The Bertz CT molecular complexity index is 592. The maximum absolute atomic E-state index is 12.9. The summed E-state index contributed by atoms with van der Waals surface area (Å²) < 4.78 is 16.5. The Balaban J connectivity index is 1.77. The van der Waals surface area contributed by atoms with Crippen molar-refractivity contribution in [1.29, 1.82) is 0 Å². The minimum atomic E-state index is -0.348. The molecule has 2 saturated heterocycles. The molecular weight excluding hydrogens is 308 g/mol. The van der Waals surface area contributed by atoms with Crippen LogP contribution in [0.25, 0.3) is 0 Å². The first-order valence-corrected chi connectivity index (χ1v) is 8.55. The zero-order valence-electron chi connectivity index (χ0n) is 14.4. The largest absolute Gasteiger partial charge is 0.493 e. The quantitative estimate of drug-likeness (QED) is 0.890. The summed E-state index contributed by atoms with van der Waals surface area (Å²) in [5.41, 5.74) is 6.73. The molecule has 2 N–H and O–H groups in total. The molecule has 0 bridgehead atoms. The fourth-order valence-corrected chi connectivity index (χ4v) is 3.68. The Morgan fingerprint density at radius 2 is 2.04 bits per heavy atom. The van der Waals surface area contributed by atoms with E-state index < -0.39 is 0 Å². The minimum Gasteiger partial charge on any atom is -0.493 e. The molecule has 1 amide bonds. The highest BCUT2D eigenvalue weighted by Gasteiger charge is 2.38. The molecular formula is C18H26N2O4. The Morgan fingerprint density at radius 3 is 2.71 bits per heavy atom. The molecule has 0 saturated carbocycles. The van der Waals surface area contributed by atoms with Crippen LogP contribution in [0.4, 0.5) is 0 Å². The van der Waals surface area contributed by atoms with Crippen LogP contribution in [0.15, 0.2) is 18.2 Å². The molecule has 1 aromatic rings. The molecule has 1 aromatic carbocycles. The first-order valence-electron chi connectivity index (χ1n) is 8.55. The fourth-order valence-electron chi connectivity index (χ4n) is 3.68. The van der Waals surface area contributed by atoms with E-state index in [1.165, 1.54) is 0 Å². The van der Waals surface area contributed by atoms with E-state index in [1.807, 2.05) is 23.1 Å². The number of ether oxygens (including phenoxy) is 3. The molecule has 3 atom stereocenters. The predicted octanol–water partition coefficient (Wildman–Crippen LogP) is 1.87. The van der Waals surface area contributed by atoms with Crippen molar-refractivity contribution in [1.82, 2.24) is 4.90 Å². The van der Waals surface area contributed by atoms with E-state index >= 15 is 0 Å². The average molecular weight is 334 g/mol. The number of hydrogen-bond donors (Lipinski definition) is 1. The molecule has 2 heterocycles. The van der Waals surface area contributed by atoms with Crippen molar-refractivity contribution in [2.24, 2.45) is 5.73 Å². The van der Waals surface area contributed by atoms with Crippen LogP contribution in [-0.2, 0) is 9.53 Å². The molecule has 6 nitrogen and oxygen atoms in total. The van der Waals surface area contributed by atoms with E-state index in [2.05, 4.69) is 0 Å². The number of rotatable bonds is 5. The van der Waals surface area contributed by atoms with Gasteiger partial charge in [0.15, 0.2) is 11.5 Å². The molecule has 0 aromatic heterocycles. The number of hydrogen-bond acceptors (Lipinski definition) is 5. The normalized spacial score (nSPS) is 26.6. The van der Waals surface area contributed by atoms with Crippen molar-refractivity contribution in [3.05, 3.63) is 23.8 Å². The highest BCUT2D eigenvalue weighted by Crippen LogP contribution is 2.38. The van der Waals surface area contributed by atoms with Crippen molar-refractivity contribution in [2.45, 2.75) is 43.9 Å². The van der Waals surface area contributed by atoms with Gasteiger partial charge in [0.1, 0.15) is 6.10 Å². The van der Waals surface area contributed by atoms with Crippen molar-refractivity contribution in [3.8, 4) is 11.5 Å². The van der Waals surface area contributed by atoms with E-state index in [4.69, 9.17) is 19.9 Å². The molecule has 2 aliphatic heterocycles. The summed E-state index contributed by atoms with van der Waals surface area (Å²) in [6, 6.07) is 5.94. The molecule has 2 aliphatic rings. The number of amides is 1. The smallest absolute Gasteiger partial charge is 0.252 e. The number of carbonyl (C=O) groups is 1. The van der Waals surface area contributed by atoms with Gasteiger partial charge in [-0.15, -0.1) is 0 Å². The third kappa shape index (κ3) is 3.21. The second-order valence-corrected chi connectivity index (χ2v) is 6.36. The van der Waals surface area contributed by atoms with Gasteiger partial charge in [-0.2, -0.15) is 0 Å². The van der Waals surface area contributed by atoms with Crippen LogP contribution < -0.4 is 15.2 Å². The molecule has 0 spiro atoms. The average Bonchev–Trinajstić information content (AvgIpc) is 3.29. The van der Waals surface area contributed by atoms with Crippen molar-refractivity contribution in [3.63, 3.8) is 0 Å². The van der Waals surface area contributed by atoms with Crippen LogP contribution in [0.2, 0.25) is 0 Å². The van der Waals surface area contributed by atoms with Gasteiger partial charge < -0.3 is 24.8 Å². The maximum atomic E-state index is 12.9. The first-order chi connectivity index (χ1) is 11.7. The van der Waals surface area contributed by atoms with Crippen LogP contribution in [0.5, 0.6) is 11.5 Å². The molecule has 24 heavy (non-hydrogen) atoms. The second-order valence-electron chi connectivity index (χ2n) is 6.36. The number of likely N-dealkylation sites (tertiary alicyclic amines) is 1. The van der Waals surface area contributed by atoms with Gasteiger partial charge in [-0.3, -0.25) is 4.79 Å². The first kappa shape index (κ1) is 17.0. The van der Waals surface area contributed by atoms with E-state index in [0.717, 1.165) is 37.8 Å². The lowest BCUT2D eigenvalue weighted by Gasteiger charge is -2.28. The number of benzene rings is 1. The van der Waals surface area contributed by atoms with Crippen molar-refractivity contribution in [2.75, 3.05) is 27.3 Å². The molecule has 1 unspecified atom stereocenters. The SMILES string of the molecule is COc1ccc(C2CCCN2C(=O)[C@@H]2CC[C@H](CN)O2)cc1OC. The number of methoxy groups -OCH3 is 2. The predicted molar refractivity (Wildman–Crippen MR) is 90.2 cm³/mol. The maximum Gasteiger partial charge on any atom is 0.252 e. The summed E-state index contributed by atoms with van der Waals surface area (Å²) in [4.78, 5) is 14.8. The molecule has 0 radical (unpaired) electrons. The van der Waals surface area contributed by atoms with E-state index in [1.54, 1.807) is 14.2 Å². The molecule has 3 rings (SSSR count). The second kappa shape index (κ2) is 7.40. The topological polar surface area (TPSA) is 74.0 Å². The van der Waals surface area contributed by atoms with Crippen LogP contribution in [0.1, 0.15) is 37.3 Å². The molecule has 132 valence electrons. The number of nitrogens with two attached hydrogens (primary N) is 1. The van der Waals surface area contributed by atoms with Crippen LogP contribution in [-0.4, -0.2) is 50.3 Å². The zero-order valence-corrected chi connectivity index (χ0v) is 14.4. The fraction of sp³-hybridized carbons (Fsp3) is 0.611. The minimum absolute atomic E-state index is 0.0149. The summed E-state index contributed by atoms with van der Waals surface area (Å²) in [7, 11) is 3.24. The van der Waals surface area contributed by atoms with E-state index in [0.29, 0.717) is 18.0 Å². The van der Waals surface area contributed by atoms with Gasteiger partial charge in [0.25, 0.3) is 5.91 Å². The monoisotopic (exact) mass is 334 g/mol. The van der Waals surface area contributed by atoms with Gasteiger partial charge in [0.05, 0.1) is 26.4 Å². The van der Waals surface area contributed by atoms with Gasteiger partial charge in [-0.1, -0.05) is 6.07 Å². The van der Waals surface area contributed by atoms with Gasteiger partial charge in [-0.05, 0) is 43.4 Å². The summed E-state index contributed by atoms with van der Waals surface area (Å²) in [5, 5.41) is 0. The van der Waals surface area contributed by atoms with Crippen LogP contribution >= 0.6 is 0 Å². The highest BCUT2D eigenvalue weighted by atomic mass is 16.5. The van der Waals surface area contributed by atoms with Crippen LogP contribution in [0, 0.1) is 0 Å². The molecule has 2 fully saturated rings. The number of nitrogens with zero attached hydrogens (tertiary/aromatic N) is 1. The third-order valence-corrected chi connectivity index (χ3v) is 4.97. The Morgan fingerprint density at radius 1 is 1.25 bits per heavy atom. The van der Waals surface area contributed by atoms with Crippen molar-refractivity contribution >= 4 is 5.91 Å². The lowest BCUT2D eigenvalue weighted by Crippen LogP contribution is -2.39. The zero-order chi connectivity index (χ0) is 17.1. The Labute approximate surface area is 142 Å². The Kier molecular flexibility index (Phi) is 5.26. The summed E-state index contributed by atoms with van der Waals surface area (Å²) in [6.07, 6.45) is 3.24. The third-order valence-electron chi connectivity index (χ3n) is 4.97. The van der Waals surface area contributed by atoms with Crippen molar-refractivity contribution < 1.29 is 19.0 Å². The lowest BCUT2D eigenvalue weighted by atomic mass is 10.0. The summed E-state index contributed by atoms with van der Waals surface area (Å²) in [5.74, 6) is 1.47. The summed E-state index contributed by atoms with van der Waals surface area (Å²) in [6.45, 7) is 1.24. The highest BCUT2D eigenvalue weighted by molar-refractivity contribution is 5.82. The molecule has 0 aliphatic carbocycles. The standard InChI is InChI=1S/C18H26N2O4/c1-22-15-7-5-12(10-17(15)23-2)14-4-3-9-20(14)18(21)16-8-6-13(11-19)24-16/h5,7,10,13-14,16H,3-4,6,8-9,11,19H2,1-2H3/t13-,14?,16+/m1/s1. The van der Waals surface area contributed by atoms with Crippen LogP contribution in [0.3, 0.4) is 0 Å². The number of carbonyl (C=O) groups excluding carboxylic acids is 1. The van der Waals surface area contributed by atoms with Gasteiger partial charge >= 0.3 is 0 Å². The Hall–Kier alpha value is -1.79. The van der Waals surface area contributed by atoms with Gasteiger partial charge in [0, 0.05) is 13.1 Å².